The molecule has 0 aromatic heterocycles. The van der Waals surface area contributed by atoms with E-state index in [-0.39, 0.29) is 5.91 Å². The van der Waals surface area contributed by atoms with E-state index in [0.29, 0.717) is 31.2 Å². The van der Waals surface area contributed by atoms with Crippen molar-refractivity contribution in [1.82, 2.24) is 15.5 Å². The molecule has 3 unspecified atom stereocenters. The highest BCUT2D eigenvalue weighted by Gasteiger charge is 2.41. The molecule has 2 aliphatic rings. The van der Waals surface area contributed by atoms with E-state index in [1.165, 1.54) is 6.42 Å². The molecule has 0 aromatic rings. The highest BCUT2D eigenvalue weighted by Crippen LogP contribution is 2.34. The van der Waals surface area contributed by atoms with Crippen LogP contribution in [0.4, 0.5) is 0 Å². The molecule has 2 bridgehead atoms. The number of amides is 1. The first kappa shape index (κ1) is 17.1. The molecule has 2 heterocycles. The molecule has 2 saturated heterocycles. The molecule has 2 fully saturated rings. The van der Waals surface area contributed by atoms with Crippen molar-refractivity contribution in [2.45, 2.75) is 64.7 Å². The third kappa shape index (κ3) is 4.35. The first-order chi connectivity index (χ1) is 10.7. The number of ether oxygens (including phenoxy) is 1. The van der Waals surface area contributed by atoms with Gasteiger partial charge in [-0.3, -0.25) is 9.79 Å². The van der Waals surface area contributed by atoms with Crippen LogP contribution in [0.2, 0.25) is 0 Å². The second-order valence-electron chi connectivity index (χ2n) is 5.94. The van der Waals surface area contributed by atoms with E-state index in [0.717, 1.165) is 38.4 Å². The minimum Gasteiger partial charge on any atom is -0.373 e. The number of carbonyl (C=O) groups excluding carboxylic acids is 1. The van der Waals surface area contributed by atoms with Gasteiger partial charge in [0.15, 0.2) is 5.96 Å². The molecule has 0 aromatic carbocycles. The summed E-state index contributed by atoms with van der Waals surface area (Å²) in [7, 11) is 0. The van der Waals surface area contributed by atoms with Gasteiger partial charge in [-0.15, -0.1) is 0 Å². The molecule has 2 rings (SSSR count). The zero-order valence-corrected chi connectivity index (χ0v) is 14.1. The van der Waals surface area contributed by atoms with Crippen LogP contribution in [0, 0.1) is 0 Å². The molecule has 1 amide bonds. The lowest BCUT2D eigenvalue weighted by Gasteiger charge is -2.23. The minimum absolute atomic E-state index is 0.174. The predicted octanol–water partition coefficient (Wildman–Crippen LogP) is 1.12. The Labute approximate surface area is 133 Å². The topological polar surface area (TPSA) is 66.0 Å². The summed E-state index contributed by atoms with van der Waals surface area (Å²) in [6.45, 7) is 8.93. The molecular formula is C16H30N4O2. The minimum atomic E-state index is 0.174. The SMILES string of the molecule is CCNC(=NCCC(=O)N(CC)CC)NC1CC2CCC1O2. The van der Waals surface area contributed by atoms with Gasteiger partial charge in [0, 0.05) is 26.1 Å². The zero-order chi connectivity index (χ0) is 15.9. The van der Waals surface area contributed by atoms with E-state index in [2.05, 4.69) is 22.5 Å². The number of hydrogen-bond acceptors (Lipinski definition) is 3. The van der Waals surface area contributed by atoms with Crippen molar-refractivity contribution in [1.29, 1.82) is 0 Å². The summed E-state index contributed by atoms with van der Waals surface area (Å²) in [5.74, 6) is 0.976. The second-order valence-corrected chi connectivity index (χ2v) is 5.94. The highest BCUT2D eigenvalue weighted by atomic mass is 16.5. The summed E-state index contributed by atoms with van der Waals surface area (Å²) in [6.07, 6.45) is 4.61. The number of nitrogens with one attached hydrogen (secondary N) is 2. The van der Waals surface area contributed by atoms with Gasteiger partial charge in [0.05, 0.1) is 24.8 Å². The lowest BCUT2D eigenvalue weighted by molar-refractivity contribution is -0.130. The van der Waals surface area contributed by atoms with Crippen LogP contribution in [0.5, 0.6) is 0 Å². The fraction of sp³-hybridized carbons (Fsp3) is 0.875. The fourth-order valence-corrected chi connectivity index (χ4v) is 3.28. The molecule has 2 N–H and O–H groups in total. The van der Waals surface area contributed by atoms with Gasteiger partial charge in [0.25, 0.3) is 0 Å². The van der Waals surface area contributed by atoms with Crippen molar-refractivity contribution in [3.63, 3.8) is 0 Å². The number of nitrogens with zero attached hydrogens (tertiary/aromatic N) is 2. The van der Waals surface area contributed by atoms with Crippen LogP contribution in [-0.4, -0.2) is 61.2 Å². The number of hydrogen-bond donors (Lipinski definition) is 2. The van der Waals surface area contributed by atoms with Crippen molar-refractivity contribution in [3.8, 4) is 0 Å². The van der Waals surface area contributed by atoms with Crippen LogP contribution in [0.3, 0.4) is 0 Å². The number of carbonyl (C=O) groups is 1. The van der Waals surface area contributed by atoms with Gasteiger partial charge < -0.3 is 20.3 Å². The van der Waals surface area contributed by atoms with E-state index in [9.17, 15) is 4.79 Å². The molecule has 126 valence electrons. The summed E-state index contributed by atoms with van der Waals surface area (Å²) in [5.41, 5.74) is 0. The Bertz CT molecular complexity index is 396. The molecular weight excluding hydrogens is 280 g/mol. The van der Waals surface area contributed by atoms with E-state index < -0.39 is 0 Å². The standard InChI is InChI=1S/C16H30N4O2/c1-4-17-16(18-10-9-15(21)20(5-2)6-3)19-13-11-12-7-8-14(13)22-12/h12-14H,4-11H2,1-3H3,(H2,17,18,19). The van der Waals surface area contributed by atoms with Gasteiger partial charge in [0.1, 0.15) is 0 Å². The van der Waals surface area contributed by atoms with E-state index in [4.69, 9.17) is 4.74 Å². The number of aliphatic imine (C=N–C) groups is 1. The largest absolute Gasteiger partial charge is 0.373 e. The third-order valence-electron chi connectivity index (χ3n) is 4.48. The molecule has 2 aliphatic heterocycles. The molecule has 22 heavy (non-hydrogen) atoms. The Hall–Kier alpha value is -1.30. The van der Waals surface area contributed by atoms with Crippen LogP contribution >= 0.6 is 0 Å². The van der Waals surface area contributed by atoms with Crippen molar-refractivity contribution in [2.75, 3.05) is 26.2 Å². The molecule has 3 atom stereocenters. The molecule has 0 aliphatic carbocycles. The Morgan fingerprint density at radius 3 is 2.59 bits per heavy atom. The van der Waals surface area contributed by atoms with Crippen molar-refractivity contribution in [2.24, 2.45) is 4.99 Å². The normalized spacial score (nSPS) is 27.0. The monoisotopic (exact) mass is 310 g/mol. The summed E-state index contributed by atoms with van der Waals surface area (Å²) in [6, 6.07) is 0.357. The van der Waals surface area contributed by atoms with Gasteiger partial charge in [-0.1, -0.05) is 0 Å². The lowest BCUT2D eigenvalue weighted by Crippen LogP contribution is -2.47. The number of guanidine groups is 1. The van der Waals surface area contributed by atoms with Crippen molar-refractivity contribution in [3.05, 3.63) is 0 Å². The van der Waals surface area contributed by atoms with Gasteiger partial charge in [0.2, 0.25) is 5.91 Å². The third-order valence-corrected chi connectivity index (χ3v) is 4.48. The summed E-state index contributed by atoms with van der Waals surface area (Å²) < 4.78 is 5.86. The summed E-state index contributed by atoms with van der Waals surface area (Å²) >= 11 is 0. The molecule has 0 radical (unpaired) electrons. The van der Waals surface area contributed by atoms with Gasteiger partial charge in [-0.2, -0.15) is 0 Å². The lowest BCUT2D eigenvalue weighted by atomic mass is 9.96. The van der Waals surface area contributed by atoms with E-state index in [1.54, 1.807) is 0 Å². The quantitative estimate of drug-likeness (QED) is 0.546. The fourth-order valence-electron chi connectivity index (χ4n) is 3.28. The van der Waals surface area contributed by atoms with E-state index >= 15 is 0 Å². The van der Waals surface area contributed by atoms with Crippen LogP contribution in [0.1, 0.15) is 46.5 Å². The molecule has 6 heteroatoms. The van der Waals surface area contributed by atoms with Crippen molar-refractivity contribution < 1.29 is 9.53 Å². The Morgan fingerprint density at radius 2 is 2.05 bits per heavy atom. The maximum Gasteiger partial charge on any atom is 0.224 e. The average molecular weight is 310 g/mol. The number of rotatable bonds is 7. The zero-order valence-electron chi connectivity index (χ0n) is 14.1. The highest BCUT2D eigenvalue weighted by molar-refractivity contribution is 5.81. The molecule has 0 spiro atoms. The Kier molecular flexibility index (Phi) is 6.49. The van der Waals surface area contributed by atoms with Crippen LogP contribution < -0.4 is 10.6 Å². The Morgan fingerprint density at radius 1 is 1.27 bits per heavy atom. The summed E-state index contributed by atoms with van der Waals surface area (Å²) in [4.78, 5) is 18.4. The first-order valence-corrected chi connectivity index (χ1v) is 8.65. The maximum atomic E-state index is 12.0. The number of fused-ring (bicyclic) bond motifs is 2. The van der Waals surface area contributed by atoms with Gasteiger partial charge in [-0.25, -0.2) is 0 Å². The first-order valence-electron chi connectivity index (χ1n) is 8.65. The molecule has 6 nitrogen and oxygen atoms in total. The van der Waals surface area contributed by atoms with Crippen LogP contribution in [0.15, 0.2) is 4.99 Å². The second kappa shape index (κ2) is 8.36. The summed E-state index contributed by atoms with van der Waals surface area (Å²) in [5, 5.41) is 6.73. The van der Waals surface area contributed by atoms with Gasteiger partial charge in [-0.05, 0) is 40.0 Å². The van der Waals surface area contributed by atoms with Crippen molar-refractivity contribution >= 4 is 11.9 Å². The average Bonchev–Trinajstić information content (AvgIpc) is 3.11. The van der Waals surface area contributed by atoms with E-state index in [1.807, 2.05) is 18.7 Å². The Balaban J connectivity index is 1.81. The van der Waals surface area contributed by atoms with Gasteiger partial charge >= 0.3 is 0 Å². The smallest absolute Gasteiger partial charge is 0.224 e. The molecule has 0 saturated carbocycles. The van der Waals surface area contributed by atoms with Crippen LogP contribution in [-0.2, 0) is 9.53 Å². The maximum absolute atomic E-state index is 12.0. The predicted molar refractivity (Wildman–Crippen MR) is 88.0 cm³/mol. The van der Waals surface area contributed by atoms with Crippen LogP contribution in [0.25, 0.3) is 0 Å².